The van der Waals surface area contributed by atoms with E-state index in [-0.39, 0.29) is 5.91 Å². The highest BCUT2D eigenvalue weighted by Gasteiger charge is 2.18. The number of carbonyl (C=O) groups is 1. The van der Waals surface area contributed by atoms with E-state index in [1.165, 1.54) is 0 Å². The van der Waals surface area contributed by atoms with Gasteiger partial charge in [-0.15, -0.1) is 0 Å². The Hall–Kier alpha value is -1.46. The second-order valence-corrected chi connectivity index (χ2v) is 5.10. The van der Waals surface area contributed by atoms with Crippen LogP contribution in [0.4, 0.5) is 0 Å². The molecule has 0 unspecified atom stereocenters. The van der Waals surface area contributed by atoms with E-state index in [0.29, 0.717) is 13.1 Å². The Bertz CT molecular complexity index is 410. The van der Waals surface area contributed by atoms with Gasteiger partial charge in [0.05, 0.1) is 6.54 Å². The quantitative estimate of drug-likeness (QED) is 0.845. The lowest BCUT2D eigenvalue weighted by Crippen LogP contribution is -2.49. The third-order valence-electron chi connectivity index (χ3n) is 3.43. The number of nitrogens with zero attached hydrogens (tertiary/aromatic N) is 3. The van der Waals surface area contributed by atoms with E-state index < -0.39 is 0 Å². The van der Waals surface area contributed by atoms with Crippen molar-refractivity contribution < 1.29 is 4.79 Å². The first-order valence-electron chi connectivity index (χ1n) is 6.74. The summed E-state index contributed by atoms with van der Waals surface area (Å²) in [7, 11) is 2.09. The summed E-state index contributed by atoms with van der Waals surface area (Å²) in [6.07, 6.45) is 1.85. The van der Waals surface area contributed by atoms with Crippen LogP contribution < -0.4 is 5.32 Å². The maximum absolute atomic E-state index is 12.0. The van der Waals surface area contributed by atoms with Gasteiger partial charge < -0.3 is 15.1 Å². The summed E-state index contributed by atoms with van der Waals surface area (Å²) in [5.41, 5.74) is 2.12. The second kappa shape index (κ2) is 6.63. The molecular weight excluding hydrogens is 240 g/mol. The Morgan fingerprint density at radius 2 is 2.05 bits per heavy atom. The molecule has 2 heterocycles. The van der Waals surface area contributed by atoms with Crippen molar-refractivity contribution in [3.05, 3.63) is 29.6 Å². The lowest BCUT2D eigenvalue weighted by molar-refractivity contribution is -0.131. The number of nitrogens with one attached hydrogen (secondary N) is 1. The van der Waals surface area contributed by atoms with Crippen molar-refractivity contribution in [2.75, 3.05) is 39.8 Å². The normalized spacial score (nSPS) is 16.6. The number of hydrogen-bond donors (Lipinski definition) is 1. The fraction of sp³-hybridized carbons (Fsp3) is 0.571. The van der Waals surface area contributed by atoms with Gasteiger partial charge in [0.1, 0.15) is 0 Å². The van der Waals surface area contributed by atoms with Crippen LogP contribution in [0.3, 0.4) is 0 Å². The molecule has 1 N–H and O–H groups in total. The van der Waals surface area contributed by atoms with Gasteiger partial charge in [-0.3, -0.25) is 9.78 Å². The van der Waals surface area contributed by atoms with E-state index in [9.17, 15) is 4.79 Å². The standard InChI is InChI=1S/C14H22N4O/c1-12-3-4-13(10-16-12)9-15-11-14(19)18-7-5-17(2)6-8-18/h3-4,10,15H,5-9,11H2,1-2H3. The number of aromatic nitrogens is 1. The highest BCUT2D eigenvalue weighted by atomic mass is 16.2. The lowest BCUT2D eigenvalue weighted by atomic mass is 10.2. The SMILES string of the molecule is Cc1ccc(CNCC(=O)N2CCN(C)CC2)cn1. The summed E-state index contributed by atoms with van der Waals surface area (Å²) in [4.78, 5) is 20.4. The van der Waals surface area contributed by atoms with Crippen molar-refractivity contribution in [2.24, 2.45) is 0 Å². The van der Waals surface area contributed by atoms with Gasteiger partial charge in [0.15, 0.2) is 0 Å². The minimum atomic E-state index is 0.188. The van der Waals surface area contributed by atoms with Gasteiger partial charge >= 0.3 is 0 Å². The summed E-state index contributed by atoms with van der Waals surface area (Å²) >= 11 is 0. The second-order valence-electron chi connectivity index (χ2n) is 5.10. The predicted octanol–water partition coefficient (Wildman–Crippen LogP) is 0.254. The zero-order chi connectivity index (χ0) is 13.7. The van der Waals surface area contributed by atoms with Gasteiger partial charge in [-0.05, 0) is 25.6 Å². The van der Waals surface area contributed by atoms with Gasteiger partial charge in [-0.25, -0.2) is 0 Å². The number of aryl methyl sites for hydroxylation is 1. The highest BCUT2D eigenvalue weighted by molar-refractivity contribution is 5.78. The number of piperazine rings is 1. The largest absolute Gasteiger partial charge is 0.339 e. The van der Waals surface area contributed by atoms with Gasteiger partial charge in [-0.1, -0.05) is 6.07 Å². The van der Waals surface area contributed by atoms with Gasteiger partial charge in [-0.2, -0.15) is 0 Å². The fourth-order valence-electron chi connectivity index (χ4n) is 2.08. The van der Waals surface area contributed by atoms with Gasteiger partial charge in [0, 0.05) is 44.6 Å². The Morgan fingerprint density at radius 3 is 2.68 bits per heavy atom. The van der Waals surface area contributed by atoms with Crippen molar-refractivity contribution in [2.45, 2.75) is 13.5 Å². The topological polar surface area (TPSA) is 48.5 Å². The molecule has 1 aliphatic rings. The van der Waals surface area contributed by atoms with Crippen molar-refractivity contribution in [3.63, 3.8) is 0 Å². The van der Waals surface area contributed by atoms with Gasteiger partial charge in [0.25, 0.3) is 0 Å². The minimum absolute atomic E-state index is 0.188. The smallest absolute Gasteiger partial charge is 0.236 e. The predicted molar refractivity (Wildman–Crippen MR) is 74.8 cm³/mol. The van der Waals surface area contributed by atoms with Crippen LogP contribution in [0.2, 0.25) is 0 Å². The van der Waals surface area contributed by atoms with Crippen LogP contribution in [-0.4, -0.2) is 60.5 Å². The summed E-state index contributed by atoms with van der Waals surface area (Å²) in [5.74, 6) is 0.188. The molecule has 0 aliphatic carbocycles. The molecule has 0 spiro atoms. The van der Waals surface area contributed by atoms with Crippen LogP contribution in [0.5, 0.6) is 0 Å². The number of likely N-dealkylation sites (N-methyl/N-ethyl adjacent to an activating group) is 1. The lowest BCUT2D eigenvalue weighted by Gasteiger charge is -2.32. The van der Waals surface area contributed by atoms with Crippen molar-refractivity contribution >= 4 is 5.91 Å². The Kier molecular flexibility index (Phi) is 4.87. The number of carbonyl (C=O) groups excluding carboxylic acids is 1. The molecule has 1 saturated heterocycles. The third-order valence-corrected chi connectivity index (χ3v) is 3.43. The number of hydrogen-bond acceptors (Lipinski definition) is 4. The zero-order valence-corrected chi connectivity index (χ0v) is 11.7. The Balaban J connectivity index is 1.70. The van der Waals surface area contributed by atoms with Gasteiger partial charge in [0.2, 0.25) is 5.91 Å². The van der Waals surface area contributed by atoms with Crippen LogP contribution in [-0.2, 0) is 11.3 Å². The molecular formula is C14H22N4O. The first-order chi connectivity index (χ1) is 9.15. The first-order valence-corrected chi connectivity index (χ1v) is 6.74. The summed E-state index contributed by atoms with van der Waals surface area (Å²) in [6, 6.07) is 4.02. The molecule has 1 fully saturated rings. The zero-order valence-electron chi connectivity index (χ0n) is 11.7. The molecule has 1 aromatic rings. The molecule has 1 aliphatic heterocycles. The summed E-state index contributed by atoms with van der Waals surface area (Å²) < 4.78 is 0. The molecule has 2 rings (SSSR count). The molecule has 0 saturated carbocycles. The first kappa shape index (κ1) is 14.0. The van der Waals surface area contributed by atoms with Crippen LogP contribution in [0.25, 0.3) is 0 Å². The molecule has 1 amide bonds. The molecule has 1 aromatic heterocycles. The summed E-state index contributed by atoms with van der Waals surface area (Å²) in [5, 5.41) is 3.18. The van der Waals surface area contributed by atoms with E-state index in [1.54, 1.807) is 0 Å². The van der Waals surface area contributed by atoms with E-state index >= 15 is 0 Å². The highest BCUT2D eigenvalue weighted by Crippen LogP contribution is 2.00. The molecule has 19 heavy (non-hydrogen) atoms. The van der Waals surface area contributed by atoms with Crippen LogP contribution in [0.1, 0.15) is 11.3 Å². The molecule has 0 bridgehead atoms. The average Bonchev–Trinajstić information content (AvgIpc) is 2.41. The fourth-order valence-corrected chi connectivity index (χ4v) is 2.08. The van der Waals surface area contributed by atoms with E-state index in [2.05, 4.69) is 22.2 Å². The maximum atomic E-state index is 12.0. The molecule has 5 nitrogen and oxygen atoms in total. The molecule has 5 heteroatoms. The average molecular weight is 262 g/mol. The monoisotopic (exact) mass is 262 g/mol. The molecule has 104 valence electrons. The Morgan fingerprint density at radius 1 is 1.32 bits per heavy atom. The number of pyridine rings is 1. The molecule has 0 atom stereocenters. The molecule has 0 aromatic carbocycles. The Labute approximate surface area is 114 Å². The van der Waals surface area contributed by atoms with E-state index in [1.807, 2.05) is 30.2 Å². The van der Waals surface area contributed by atoms with Crippen LogP contribution >= 0.6 is 0 Å². The van der Waals surface area contributed by atoms with Crippen LogP contribution in [0.15, 0.2) is 18.3 Å². The van der Waals surface area contributed by atoms with E-state index in [0.717, 1.165) is 37.4 Å². The summed E-state index contributed by atoms with van der Waals surface area (Å²) in [6.45, 7) is 6.66. The van der Waals surface area contributed by atoms with E-state index in [4.69, 9.17) is 0 Å². The molecule has 0 radical (unpaired) electrons. The van der Waals surface area contributed by atoms with Crippen molar-refractivity contribution in [3.8, 4) is 0 Å². The van der Waals surface area contributed by atoms with Crippen molar-refractivity contribution in [1.29, 1.82) is 0 Å². The van der Waals surface area contributed by atoms with Crippen LogP contribution in [0, 0.1) is 6.92 Å². The van der Waals surface area contributed by atoms with Crippen molar-refractivity contribution in [1.82, 2.24) is 20.1 Å². The number of amides is 1. The minimum Gasteiger partial charge on any atom is -0.339 e. The maximum Gasteiger partial charge on any atom is 0.236 e. The number of rotatable bonds is 4. The third kappa shape index (κ3) is 4.29.